The van der Waals surface area contributed by atoms with Crippen LogP contribution < -0.4 is 0 Å². The molecule has 1 heterocycles. The molecule has 2 aromatic rings. The van der Waals surface area contributed by atoms with Crippen molar-refractivity contribution in [3.05, 3.63) is 63.1 Å². The summed E-state index contributed by atoms with van der Waals surface area (Å²) in [6.07, 6.45) is 0.951. The SMILES string of the molecule is Cl.O=S(=O)(c1cc(Cl)c(Cl)cc1Cl)N1CCN(CCc2ccccc2)CC1. The number of nitrogens with zero attached hydrogens (tertiary/aromatic N) is 2. The van der Waals surface area contributed by atoms with Gasteiger partial charge in [0.25, 0.3) is 0 Å². The topological polar surface area (TPSA) is 40.6 Å². The van der Waals surface area contributed by atoms with Gasteiger partial charge in [-0.3, -0.25) is 0 Å². The van der Waals surface area contributed by atoms with Crippen molar-refractivity contribution in [1.82, 2.24) is 9.21 Å². The summed E-state index contributed by atoms with van der Waals surface area (Å²) in [7, 11) is -3.69. The molecule has 1 saturated heterocycles. The van der Waals surface area contributed by atoms with Crippen LogP contribution in [0.1, 0.15) is 5.56 Å². The highest BCUT2D eigenvalue weighted by Crippen LogP contribution is 2.33. The van der Waals surface area contributed by atoms with Crippen molar-refractivity contribution in [1.29, 1.82) is 0 Å². The van der Waals surface area contributed by atoms with E-state index in [4.69, 9.17) is 34.8 Å². The maximum Gasteiger partial charge on any atom is 0.244 e. The normalized spacial score (nSPS) is 16.1. The van der Waals surface area contributed by atoms with E-state index in [1.165, 1.54) is 22.0 Å². The second kappa shape index (κ2) is 9.79. The molecule has 0 spiro atoms. The first-order chi connectivity index (χ1) is 12.4. The van der Waals surface area contributed by atoms with Crippen molar-refractivity contribution in [2.75, 3.05) is 32.7 Å². The molecule has 0 aliphatic carbocycles. The molecule has 3 rings (SSSR count). The molecule has 0 unspecified atom stereocenters. The Labute approximate surface area is 181 Å². The first-order valence-corrected chi connectivity index (χ1v) is 10.9. The molecular formula is C18H20Cl4N2O2S. The Morgan fingerprint density at radius 1 is 0.852 bits per heavy atom. The van der Waals surface area contributed by atoms with Crippen molar-refractivity contribution in [2.24, 2.45) is 0 Å². The highest BCUT2D eigenvalue weighted by atomic mass is 35.5. The molecule has 0 radical (unpaired) electrons. The van der Waals surface area contributed by atoms with Gasteiger partial charge >= 0.3 is 0 Å². The molecule has 1 aliphatic rings. The molecule has 0 saturated carbocycles. The highest BCUT2D eigenvalue weighted by molar-refractivity contribution is 7.89. The lowest BCUT2D eigenvalue weighted by atomic mass is 10.1. The first kappa shape index (κ1) is 22.8. The summed E-state index contributed by atoms with van der Waals surface area (Å²) in [6, 6.07) is 13.0. The summed E-state index contributed by atoms with van der Waals surface area (Å²) in [4.78, 5) is 2.28. The van der Waals surface area contributed by atoms with E-state index in [2.05, 4.69) is 17.0 Å². The van der Waals surface area contributed by atoms with E-state index >= 15 is 0 Å². The van der Waals surface area contributed by atoms with Crippen LogP contribution in [-0.4, -0.2) is 50.3 Å². The predicted molar refractivity (Wildman–Crippen MR) is 114 cm³/mol. The van der Waals surface area contributed by atoms with Crippen LogP contribution in [0.15, 0.2) is 47.4 Å². The maximum absolute atomic E-state index is 12.9. The average Bonchev–Trinajstić information content (AvgIpc) is 2.64. The van der Waals surface area contributed by atoms with Gasteiger partial charge in [-0.15, -0.1) is 12.4 Å². The van der Waals surface area contributed by atoms with Crippen molar-refractivity contribution < 1.29 is 8.42 Å². The molecule has 0 bridgehead atoms. The molecule has 1 fully saturated rings. The summed E-state index contributed by atoms with van der Waals surface area (Å²) in [6.45, 7) is 3.13. The monoisotopic (exact) mass is 468 g/mol. The summed E-state index contributed by atoms with van der Waals surface area (Å²) in [5.74, 6) is 0. The Bertz CT molecular complexity index is 870. The van der Waals surface area contributed by atoms with Gasteiger partial charge in [0.05, 0.1) is 15.1 Å². The van der Waals surface area contributed by atoms with Crippen molar-refractivity contribution in [2.45, 2.75) is 11.3 Å². The number of piperazine rings is 1. The van der Waals surface area contributed by atoms with E-state index in [9.17, 15) is 8.42 Å². The first-order valence-electron chi connectivity index (χ1n) is 8.29. The van der Waals surface area contributed by atoms with Gasteiger partial charge < -0.3 is 4.90 Å². The Morgan fingerprint density at radius 2 is 1.44 bits per heavy atom. The minimum absolute atomic E-state index is 0. The molecule has 4 nitrogen and oxygen atoms in total. The molecule has 0 N–H and O–H groups in total. The van der Waals surface area contributed by atoms with Crippen LogP contribution in [-0.2, 0) is 16.4 Å². The third-order valence-electron chi connectivity index (χ3n) is 4.48. The number of hydrogen-bond donors (Lipinski definition) is 0. The van der Waals surface area contributed by atoms with Crippen LogP contribution >= 0.6 is 47.2 Å². The lowest BCUT2D eigenvalue weighted by Gasteiger charge is -2.34. The largest absolute Gasteiger partial charge is 0.300 e. The predicted octanol–water partition coefficient (Wildman–Crippen LogP) is 4.62. The second-order valence-electron chi connectivity index (χ2n) is 6.18. The standard InChI is InChI=1S/C18H19Cl3N2O2S.ClH/c19-15-12-17(21)18(13-16(15)20)26(24,25)23-10-8-22(9-11-23)7-6-14-4-2-1-3-5-14;/h1-5,12-13H,6-11H2;1H. The molecular weight excluding hydrogens is 450 g/mol. The van der Waals surface area contributed by atoms with Crippen molar-refractivity contribution in [3.63, 3.8) is 0 Å². The van der Waals surface area contributed by atoms with Gasteiger partial charge in [0.2, 0.25) is 10.0 Å². The van der Waals surface area contributed by atoms with Crippen LogP contribution in [0, 0.1) is 0 Å². The minimum Gasteiger partial charge on any atom is -0.300 e. The molecule has 1 aliphatic heterocycles. The Morgan fingerprint density at radius 3 is 2.07 bits per heavy atom. The van der Waals surface area contributed by atoms with Crippen molar-refractivity contribution in [3.8, 4) is 0 Å². The van der Waals surface area contributed by atoms with Gasteiger partial charge in [-0.1, -0.05) is 65.1 Å². The van der Waals surface area contributed by atoms with E-state index in [-0.39, 0.29) is 32.4 Å². The van der Waals surface area contributed by atoms with Gasteiger partial charge in [-0.2, -0.15) is 4.31 Å². The third-order valence-corrected chi connectivity index (χ3v) is 7.57. The van der Waals surface area contributed by atoms with E-state index in [1.807, 2.05) is 18.2 Å². The smallest absolute Gasteiger partial charge is 0.244 e. The minimum atomic E-state index is -3.69. The van der Waals surface area contributed by atoms with Crippen LogP contribution in [0.3, 0.4) is 0 Å². The van der Waals surface area contributed by atoms with Gasteiger partial charge in [0.1, 0.15) is 4.90 Å². The van der Waals surface area contributed by atoms with E-state index in [0.717, 1.165) is 13.0 Å². The Kier molecular flexibility index (Phi) is 8.25. The number of halogens is 4. The van der Waals surface area contributed by atoms with Crippen molar-refractivity contribution >= 4 is 57.2 Å². The van der Waals surface area contributed by atoms with E-state index < -0.39 is 10.0 Å². The molecule has 27 heavy (non-hydrogen) atoms. The second-order valence-corrected chi connectivity index (χ2v) is 9.31. The van der Waals surface area contributed by atoms with Gasteiger partial charge in [-0.25, -0.2) is 8.42 Å². The number of benzene rings is 2. The van der Waals surface area contributed by atoms with Gasteiger partial charge in [-0.05, 0) is 24.1 Å². The van der Waals surface area contributed by atoms with E-state index in [1.54, 1.807) is 0 Å². The Hall–Kier alpha value is -0.530. The zero-order valence-corrected chi connectivity index (χ0v) is 18.3. The number of rotatable bonds is 5. The number of sulfonamides is 1. The molecule has 0 aromatic heterocycles. The number of hydrogen-bond acceptors (Lipinski definition) is 3. The van der Waals surface area contributed by atoms with E-state index in [0.29, 0.717) is 26.2 Å². The molecule has 0 atom stereocenters. The highest BCUT2D eigenvalue weighted by Gasteiger charge is 2.30. The summed E-state index contributed by atoms with van der Waals surface area (Å²) >= 11 is 18.0. The van der Waals surface area contributed by atoms with Crippen LogP contribution in [0.4, 0.5) is 0 Å². The van der Waals surface area contributed by atoms with Gasteiger partial charge in [0, 0.05) is 32.7 Å². The zero-order chi connectivity index (χ0) is 18.7. The summed E-state index contributed by atoms with van der Waals surface area (Å²) < 4.78 is 27.2. The lowest BCUT2D eigenvalue weighted by Crippen LogP contribution is -2.49. The summed E-state index contributed by atoms with van der Waals surface area (Å²) in [5, 5.41) is 0.503. The van der Waals surface area contributed by atoms with Crippen LogP contribution in [0.25, 0.3) is 0 Å². The summed E-state index contributed by atoms with van der Waals surface area (Å²) in [5.41, 5.74) is 1.28. The third kappa shape index (κ3) is 5.51. The zero-order valence-electron chi connectivity index (χ0n) is 14.4. The fourth-order valence-corrected chi connectivity index (χ4v) is 5.36. The van der Waals surface area contributed by atoms with Gasteiger partial charge in [0.15, 0.2) is 0 Å². The molecule has 2 aromatic carbocycles. The molecule has 9 heteroatoms. The fraction of sp³-hybridized carbons (Fsp3) is 0.333. The average molecular weight is 470 g/mol. The van der Waals surface area contributed by atoms with Crippen LogP contribution in [0.5, 0.6) is 0 Å². The lowest BCUT2D eigenvalue weighted by molar-refractivity contribution is 0.190. The fourth-order valence-electron chi connectivity index (χ4n) is 2.97. The Balaban J connectivity index is 0.00000261. The molecule has 148 valence electrons. The van der Waals surface area contributed by atoms with Crippen LogP contribution in [0.2, 0.25) is 15.1 Å². The quantitative estimate of drug-likeness (QED) is 0.600. The molecule has 0 amide bonds. The maximum atomic E-state index is 12.9.